The summed E-state index contributed by atoms with van der Waals surface area (Å²) in [5.74, 6) is 0.800. The van der Waals surface area contributed by atoms with Crippen molar-refractivity contribution < 1.29 is 14.3 Å². The summed E-state index contributed by atoms with van der Waals surface area (Å²) in [5, 5.41) is 2.79. The van der Waals surface area contributed by atoms with Crippen molar-refractivity contribution in [3.05, 3.63) is 29.8 Å². The molecule has 4 heteroatoms. The predicted octanol–water partition coefficient (Wildman–Crippen LogP) is 2.25. The minimum atomic E-state index is -0.340. The first kappa shape index (κ1) is 10.8. The highest BCUT2D eigenvalue weighted by Gasteiger charge is 2.33. The number of nitrogens with one attached hydrogen (secondary N) is 1. The zero-order valence-corrected chi connectivity index (χ0v) is 9.40. The third kappa shape index (κ3) is 1.96. The summed E-state index contributed by atoms with van der Waals surface area (Å²) in [4.78, 5) is 11.2. The second-order valence-corrected chi connectivity index (χ2v) is 3.76. The van der Waals surface area contributed by atoms with Gasteiger partial charge in [0, 0.05) is 0 Å². The maximum absolute atomic E-state index is 11.2. The predicted molar refractivity (Wildman–Crippen MR) is 59.4 cm³/mol. The van der Waals surface area contributed by atoms with Crippen molar-refractivity contribution in [1.82, 2.24) is 5.32 Å². The Bertz CT molecular complexity index is 374. The van der Waals surface area contributed by atoms with Crippen molar-refractivity contribution in [2.24, 2.45) is 0 Å². The van der Waals surface area contributed by atoms with Gasteiger partial charge in [-0.05, 0) is 24.1 Å². The number of carbonyl (C=O) groups excluding carboxylic acids is 1. The average molecular weight is 221 g/mol. The van der Waals surface area contributed by atoms with Crippen molar-refractivity contribution in [3.63, 3.8) is 0 Å². The molecular formula is C12H15NO3. The third-order valence-corrected chi connectivity index (χ3v) is 2.79. The maximum atomic E-state index is 11.2. The molecule has 0 bridgehead atoms. The second kappa shape index (κ2) is 4.43. The van der Waals surface area contributed by atoms with Gasteiger partial charge in [-0.1, -0.05) is 19.1 Å². The number of methoxy groups -OCH3 is 1. The molecular weight excluding hydrogens is 206 g/mol. The molecule has 0 saturated carbocycles. The maximum Gasteiger partial charge on any atom is 0.408 e. The van der Waals surface area contributed by atoms with E-state index in [4.69, 9.17) is 9.47 Å². The van der Waals surface area contributed by atoms with Gasteiger partial charge in [0.25, 0.3) is 0 Å². The summed E-state index contributed by atoms with van der Waals surface area (Å²) >= 11 is 0. The standard InChI is InChI=1S/C12H15NO3/c1-3-10-11(16-12(14)13-10)8-4-6-9(15-2)7-5-8/h4-7,10-11H,3H2,1-2H3,(H,13,14)/t10-,11?/m0/s1. The Balaban J connectivity index is 2.19. The number of alkyl carbamates (subject to hydrolysis) is 1. The van der Waals surface area contributed by atoms with Gasteiger partial charge in [0.2, 0.25) is 0 Å². The van der Waals surface area contributed by atoms with E-state index in [1.807, 2.05) is 31.2 Å². The SMILES string of the molecule is CC[C@@H]1NC(=O)OC1c1ccc(OC)cc1. The van der Waals surface area contributed by atoms with Crippen LogP contribution in [0.5, 0.6) is 5.75 Å². The van der Waals surface area contributed by atoms with E-state index in [9.17, 15) is 4.79 Å². The average Bonchev–Trinajstić information content (AvgIpc) is 2.70. The van der Waals surface area contributed by atoms with Gasteiger partial charge < -0.3 is 14.8 Å². The van der Waals surface area contributed by atoms with Gasteiger partial charge in [0.1, 0.15) is 11.9 Å². The Labute approximate surface area is 94.6 Å². The van der Waals surface area contributed by atoms with Crippen molar-refractivity contribution in [1.29, 1.82) is 0 Å². The summed E-state index contributed by atoms with van der Waals surface area (Å²) in [6.07, 6.45) is 0.318. The van der Waals surface area contributed by atoms with E-state index in [1.165, 1.54) is 0 Å². The number of carbonyl (C=O) groups is 1. The summed E-state index contributed by atoms with van der Waals surface area (Å²) in [6.45, 7) is 2.02. The molecule has 0 aromatic heterocycles. The van der Waals surface area contributed by atoms with Crippen LogP contribution in [0.25, 0.3) is 0 Å². The number of benzene rings is 1. The quantitative estimate of drug-likeness (QED) is 0.851. The number of hydrogen-bond acceptors (Lipinski definition) is 3. The zero-order valence-electron chi connectivity index (χ0n) is 9.40. The third-order valence-electron chi connectivity index (χ3n) is 2.79. The minimum Gasteiger partial charge on any atom is -0.497 e. The van der Waals surface area contributed by atoms with Gasteiger partial charge in [0.15, 0.2) is 0 Å². The fourth-order valence-electron chi connectivity index (χ4n) is 1.87. The van der Waals surface area contributed by atoms with Crippen LogP contribution in [0.2, 0.25) is 0 Å². The highest BCUT2D eigenvalue weighted by molar-refractivity contribution is 5.70. The molecule has 0 radical (unpaired) electrons. The lowest BCUT2D eigenvalue weighted by Crippen LogP contribution is -2.26. The fraction of sp³-hybridized carbons (Fsp3) is 0.417. The van der Waals surface area contributed by atoms with E-state index in [0.29, 0.717) is 0 Å². The van der Waals surface area contributed by atoms with E-state index < -0.39 is 0 Å². The Morgan fingerprint density at radius 1 is 1.38 bits per heavy atom. The fourth-order valence-corrected chi connectivity index (χ4v) is 1.87. The number of hydrogen-bond donors (Lipinski definition) is 1. The first-order valence-corrected chi connectivity index (χ1v) is 5.35. The molecule has 0 spiro atoms. The van der Waals surface area contributed by atoms with Gasteiger partial charge in [0.05, 0.1) is 13.2 Å². The molecule has 1 aromatic rings. The summed E-state index contributed by atoms with van der Waals surface area (Å²) in [5.41, 5.74) is 0.992. The molecule has 1 unspecified atom stereocenters. The van der Waals surface area contributed by atoms with E-state index in [1.54, 1.807) is 7.11 Å². The van der Waals surface area contributed by atoms with Gasteiger partial charge in [-0.3, -0.25) is 0 Å². The van der Waals surface area contributed by atoms with Crippen LogP contribution >= 0.6 is 0 Å². The number of cyclic esters (lactones) is 1. The molecule has 1 saturated heterocycles. The monoisotopic (exact) mass is 221 g/mol. The first-order valence-electron chi connectivity index (χ1n) is 5.35. The molecule has 86 valence electrons. The molecule has 2 atom stereocenters. The van der Waals surface area contributed by atoms with Crippen molar-refractivity contribution >= 4 is 6.09 Å². The van der Waals surface area contributed by atoms with Crippen LogP contribution in [-0.4, -0.2) is 19.2 Å². The highest BCUT2D eigenvalue weighted by Crippen LogP contribution is 2.29. The number of rotatable bonds is 3. The van der Waals surface area contributed by atoms with Crippen LogP contribution in [0.1, 0.15) is 25.0 Å². The Kier molecular flexibility index (Phi) is 2.99. The molecule has 1 heterocycles. The molecule has 0 aliphatic carbocycles. The molecule has 1 aliphatic heterocycles. The molecule has 4 nitrogen and oxygen atoms in total. The number of amides is 1. The second-order valence-electron chi connectivity index (χ2n) is 3.76. The van der Waals surface area contributed by atoms with E-state index in [2.05, 4.69) is 5.32 Å². The van der Waals surface area contributed by atoms with Gasteiger partial charge in [-0.2, -0.15) is 0 Å². The lowest BCUT2D eigenvalue weighted by Gasteiger charge is -2.15. The summed E-state index contributed by atoms with van der Waals surface area (Å²) in [7, 11) is 1.63. The Hall–Kier alpha value is -1.71. The lowest BCUT2D eigenvalue weighted by molar-refractivity contribution is 0.131. The van der Waals surface area contributed by atoms with Crippen molar-refractivity contribution in [2.75, 3.05) is 7.11 Å². The normalized spacial score (nSPS) is 23.8. The summed E-state index contributed by atoms with van der Waals surface area (Å²) < 4.78 is 10.3. The van der Waals surface area contributed by atoms with Crippen LogP contribution in [0.4, 0.5) is 4.79 Å². The Morgan fingerprint density at radius 2 is 2.06 bits per heavy atom. The molecule has 1 aromatic carbocycles. The van der Waals surface area contributed by atoms with E-state index in [0.717, 1.165) is 17.7 Å². The van der Waals surface area contributed by atoms with Crippen molar-refractivity contribution in [3.8, 4) is 5.75 Å². The lowest BCUT2D eigenvalue weighted by atomic mass is 10.0. The largest absolute Gasteiger partial charge is 0.497 e. The topological polar surface area (TPSA) is 47.6 Å². The van der Waals surface area contributed by atoms with Gasteiger partial charge in [-0.15, -0.1) is 0 Å². The van der Waals surface area contributed by atoms with Crippen LogP contribution in [0.3, 0.4) is 0 Å². The van der Waals surface area contributed by atoms with Gasteiger partial charge in [-0.25, -0.2) is 4.79 Å². The highest BCUT2D eigenvalue weighted by atomic mass is 16.6. The minimum absolute atomic E-state index is 0.0564. The smallest absolute Gasteiger partial charge is 0.408 e. The summed E-state index contributed by atoms with van der Waals surface area (Å²) in [6, 6.07) is 7.64. The molecule has 1 amide bonds. The molecule has 1 aliphatic rings. The van der Waals surface area contributed by atoms with E-state index >= 15 is 0 Å². The van der Waals surface area contributed by atoms with E-state index in [-0.39, 0.29) is 18.2 Å². The van der Waals surface area contributed by atoms with Crippen LogP contribution in [-0.2, 0) is 4.74 Å². The Morgan fingerprint density at radius 3 is 2.62 bits per heavy atom. The molecule has 1 fully saturated rings. The number of ether oxygens (including phenoxy) is 2. The molecule has 2 rings (SSSR count). The van der Waals surface area contributed by atoms with Gasteiger partial charge >= 0.3 is 6.09 Å². The molecule has 1 N–H and O–H groups in total. The van der Waals surface area contributed by atoms with Crippen LogP contribution < -0.4 is 10.1 Å². The van der Waals surface area contributed by atoms with Crippen LogP contribution in [0, 0.1) is 0 Å². The zero-order chi connectivity index (χ0) is 11.5. The first-order chi connectivity index (χ1) is 7.74. The van der Waals surface area contributed by atoms with Crippen LogP contribution in [0.15, 0.2) is 24.3 Å². The van der Waals surface area contributed by atoms with Crippen molar-refractivity contribution in [2.45, 2.75) is 25.5 Å². The molecule has 16 heavy (non-hydrogen) atoms.